The van der Waals surface area contributed by atoms with Gasteiger partial charge in [-0.2, -0.15) is 0 Å². The standard InChI is InChI=1S/C21H26FN3/c22-20-7-4-8-21(19(20)15-23-18-9-10-18)25-13-11-24(12-14-25)16-17-5-2-1-3-6-17/h1-8,18,23H,9-16H2. The molecule has 2 aromatic carbocycles. The van der Waals surface area contributed by atoms with Gasteiger partial charge < -0.3 is 10.2 Å². The van der Waals surface area contributed by atoms with Crippen molar-refractivity contribution in [3.63, 3.8) is 0 Å². The molecular weight excluding hydrogens is 313 g/mol. The maximum atomic E-state index is 14.4. The monoisotopic (exact) mass is 339 g/mol. The van der Waals surface area contributed by atoms with Crippen LogP contribution < -0.4 is 10.2 Å². The Morgan fingerprint density at radius 2 is 1.68 bits per heavy atom. The number of hydrogen-bond acceptors (Lipinski definition) is 3. The molecule has 1 aliphatic heterocycles. The molecule has 1 saturated heterocycles. The van der Waals surface area contributed by atoms with Gasteiger partial charge in [-0.15, -0.1) is 0 Å². The largest absolute Gasteiger partial charge is 0.369 e. The van der Waals surface area contributed by atoms with E-state index < -0.39 is 0 Å². The minimum Gasteiger partial charge on any atom is -0.369 e. The molecule has 0 atom stereocenters. The molecule has 2 aromatic rings. The lowest BCUT2D eigenvalue weighted by Crippen LogP contribution is -2.46. The first-order valence-corrected chi connectivity index (χ1v) is 9.31. The first-order valence-electron chi connectivity index (χ1n) is 9.31. The lowest BCUT2D eigenvalue weighted by Gasteiger charge is -2.37. The van der Waals surface area contributed by atoms with E-state index in [4.69, 9.17) is 0 Å². The third-order valence-electron chi connectivity index (χ3n) is 5.20. The average Bonchev–Trinajstić information content (AvgIpc) is 3.47. The van der Waals surface area contributed by atoms with E-state index in [1.807, 2.05) is 6.07 Å². The first-order chi connectivity index (χ1) is 12.3. The topological polar surface area (TPSA) is 18.5 Å². The Balaban J connectivity index is 1.39. The number of piperazine rings is 1. The normalized spacial score (nSPS) is 18.5. The van der Waals surface area contributed by atoms with Crippen LogP contribution in [0.25, 0.3) is 0 Å². The highest BCUT2D eigenvalue weighted by Crippen LogP contribution is 2.27. The summed E-state index contributed by atoms with van der Waals surface area (Å²) < 4.78 is 14.4. The van der Waals surface area contributed by atoms with Crippen LogP contribution in [0.5, 0.6) is 0 Å². The molecule has 2 aliphatic rings. The Bertz CT molecular complexity index is 692. The van der Waals surface area contributed by atoms with Crippen LogP contribution in [0.15, 0.2) is 48.5 Å². The van der Waals surface area contributed by atoms with E-state index in [1.165, 1.54) is 18.4 Å². The van der Waals surface area contributed by atoms with E-state index in [0.717, 1.165) is 44.0 Å². The number of benzene rings is 2. The van der Waals surface area contributed by atoms with E-state index in [2.05, 4.69) is 51.5 Å². The summed E-state index contributed by atoms with van der Waals surface area (Å²) in [6.45, 7) is 5.56. The zero-order chi connectivity index (χ0) is 17.1. The van der Waals surface area contributed by atoms with Crippen molar-refractivity contribution in [2.75, 3.05) is 31.1 Å². The number of nitrogens with one attached hydrogen (secondary N) is 1. The van der Waals surface area contributed by atoms with E-state index in [1.54, 1.807) is 6.07 Å². The van der Waals surface area contributed by atoms with E-state index in [9.17, 15) is 4.39 Å². The summed E-state index contributed by atoms with van der Waals surface area (Å²) >= 11 is 0. The number of hydrogen-bond donors (Lipinski definition) is 1. The van der Waals surface area contributed by atoms with Crippen LogP contribution in [0.3, 0.4) is 0 Å². The predicted molar refractivity (Wildman–Crippen MR) is 100 cm³/mol. The van der Waals surface area contributed by atoms with Crippen molar-refractivity contribution < 1.29 is 4.39 Å². The summed E-state index contributed by atoms with van der Waals surface area (Å²) in [6, 6.07) is 16.7. The van der Waals surface area contributed by atoms with Crippen molar-refractivity contribution in [1.82, 2.24) is 10.2 Å². The molecule has 1 saturated carbocycles. The van der Waals surface area contributed by atoms with Crippen molar-refractivity contribution in [2.24, 2.45) is 0 Å². The SMILES string of the molecule is Fc1cccc(N2CCN(Cc3ccccc3)CC2)c1CNC1CC1. The molecule has 132 valence electrons. The molecule has 0 spiro atoms. The molecule has 0 bridgehead atoms. The molecule has 4 rings (SSSR count). The second-order valence-electron chi connectivity index (χ2n) is 7.14. The maximum Gasteiger partial charge on any atom is 0.129 e. The fourth-order valence-electron chi connectivity index (χ4n) is 3.54. The van der Waals surface area contributed by atoms with Crippen LogP contribution in [0.4, 0.5) is 10.1 Å². The average molecular weight is 339 g/mol. The Hall–Kier alpha value is -1.91. The summed E-state index contributed by atoms with van der Waals surface area (Å²) in [5.41, 5.74) is 3.24. The Morgan fingerprint density at radius 3 is 2.40 bits per heavy atom. The van der Waals surface area contributed by atoms with E-state index in [-0.39, 0.29) is 5.82 Å². The maximum absolute atomic E-state index is 14.4. The third kappa shape index (κ3) is 4.20. The van der Waals surface area contributed by atoms with Crippen LogP contribution in [0.1, 0.15) is 24.0 Å². The van der Waals surface area contributed by atoms with Crippen LogP contribution >= 0.6 is 0 Å². The summed E-state index contributed by atoms with van der Waals surface area (Å²) in [6.07, 6.45) is 2.45. The van der Waals surface area contributed by atoms with Gasteiger partial charge >= 0.3 is 0 Å². The minimum atomic E-state index is -0.0858. The lowest BCUT2D eigenvalue weighted by atomic mass is 10.1. The molecule has 3 nitrogen and oxygen atoms in total. The summed E-state index contributed by atoms with van der Waals surface area (Å²) in [4.78, 5) is 4.82. The van der Waals surface area contributed by atoms with Crippen LogP contribution in [-0.4, -0.2) is 37.1 Å². The molecule has 25 heavy (non-hydrogen) atoms. The van der Waals surface area contributed by atoms with Gasteiger partial charge in [0.1, 0.15) is 5.82 Å². The summed E-state index contributed by atoms with van der Waals surface area (Å²) in [5.74, 6) is -0.0858. The van der Waals surface area contributed by atoms with Gasteiger partial charge in [-0.1, -0.05) is 36.4 Å². The number of nitrogens with zero attached hydrogens (tertiary/aromatic N) is 2. The van der Waals surface area contributed by atoms with E-state index >= 15 is 0 Å². The van der Waals surface area contributed by atoms with Crippen molar-refractivity contribution in [2.45, 2.75) is 32.0 Å². The highest BCUT2D eigenvalue weighted by Gasteiger charge is 2.24. The molecule has 1 heterocycles. The number of anilines is 1. The smallest absolute Gasteiger partial charge is 0.129 e. The van der Waals surface area contributed by atoms with Crippen molar-refractivity contribution >= 4 is 5.69 Å². The van der Waals surface area contributed by atoms with Gasteiger partial charge in [0.15, 0.2) is 0 Å². The molecule has 0 unspecified atom stereocenters. The van der Waals surface area contributed by atoms with Gasteiger partial charge in [0, 0.05) is 56.6 Å². The highest BCUT2D eigenvalue weighted by atomic mass is 19.1. The van der Waals surface area contributed by atoms with Gasteiger partial charge in [0.05, 0.1) is 0 Å². The fraction of sp³-hybridized carbons (Fsp3) is 0.429. The third-order valence-corrected chi connectivity index (χ3v) is 5.20. The molecule has 0 amide bonds. The number of halogens is 1. The second-order valence-corrected chi connectivity index (χ2v) is 7.14. The molecule has 1 aliphatic carbocycles. The molecule has 0 radical (unpaired) electrons. The second kappa shape index (κ2) is 7.54. The first kappa shape index (κ1) is 16.6. The zero-order valence-electron chi connectivity index (χ0n) is 14.6. The zero-order valence-corrected chi connectivity index (χ0v) is 14.6. The van der Waals surface area contributed by atoms with Crippen LogP contribution in [-0.2, 0) is 13.1 Å². The van der Waals surface area contributed by atoms with Gasteiger partial charge in [0.2, 0.25) is 0 Å². The minimum absolute atomic E-state index is 0.0858. The Morgan fingerprint density at radius 1 is 0.920 bits per heavy atom. The van der Waals surface area contributed by atoms with Gasteiger partial charge in [-0.05, 0) is 30.5 Å². The molecule has 1 N–H and O–H groups in total. The van der Waals surface area contributed by atoms with Gasteiger partial charge in [-0.25, -0.2) is 4.39 Å². The summed E-state index contributed by atoms with van der Waals surface area (Å²) in [5, 5.41) is 3.46. The summed E-state index contributed by atoms with van der Waals surface area (Å²) in [7, 11) is 0. The fourth-order valence-corrected chi connectivity index (χ4v) is 3.54. The van der Waals surface area contributed by atoms with Crippen molar-refractivity contribution in [3.05, 3.63) is 65.5 Å². The van der Waals surface area contributed by atoms with Crippen LogP contribution in [0.2, 0.25) is 0 Å². The molecular formula is C21H26FN3. The lowest BCUT2D eigenvalue weighted by molar-refractivity contribution is 0.249. The Labute approximate surface area is 149 Å². The number of rotatable bonds is 6. The van der Waals surface area contributed by atoms with Crippen molar-refractivity contribution in [3.8, 4) is 0 Å². The van der Waals surface area contributed by atoms with Crippen molar-refractivity contribution in [1.29, 1.82) is 0 Å². The Kier molecular flexibility index (Phi) is 4.99. The highest BCUT2D eigenvalue weighted by molar-refractivity contribution is 5.54. The molecule has 2 fully saturated rings. The van der Waals surface area contributed by atoms with Gasteiger partial charge in [0.25, 0.3) is 0 Å². The molecule has 4 heteroatoms. The molecule has 0 aromatic heterocycles. The van der Waals surface area contributed by atoms with Crippen LogP contribution in [0, 0.1) is 5.82 Å². The quantitative estimate of drug-likeness (QED) is 0.870. The van der Waals surface area contributed by atoms with E-state index in [0.29, 0.717) is 12.6 Å². The predicted octanol–water partition coefficient (Wildman–Crippen LogP) is 3.40. The van der Waals surface area contributed by atoms with Gasteiger partial charge in [-0.3, -0.25) is 4.90 Å².